The molecule has 2 aliphatic heterocycles. The Hall–Kier alpha value is -2.16. The van der Waals surface area contributed by atoms with E-state index in [1.807, 2.05) is 24.3 Å². The Morgan fingerprint density at radius 2 is 1.87 bits per heavy atom. The lowest BCUT2D eigenvalue weighted by molar-refractivity contribution is -0.218. The summed E-state index contributed by atoms with van der Waals surface area (Å²) in [6.07, 6.45) is -0.334. The molecule has 3 aliphatic rings. The highest BCUT2D eigenvalue weighted by Crippen LogP contribution is 2.37. The molecule has 0 radical (unpaired) electrons. The van der Waals surface area contributed by atoms with Gasteiger partial charge in [0.25, 0.3) is 0 Å². The van der Waals surface area contributed by atoms with Crippen LogP contribution in [0.4, 0.5) is 0 Å². The van der Waals surface area contributed by atoms with Crippen LogP contribution in [0.25, 0.3) is 0 Å². The van der Waals surface area contributed by atoms with Crippen molar-refractivity contribution in [1.29, 1.82) is 0 Å². The lowest BCUT2D eigenvalue weighted by atomic mass is 9.90. The first kappa shape index (κ1) is 22.0. The Morgan fingerprint density at radius 3 is 2.65 bits per heavy atom. The minimum absolute atomic E-state index is 0.256. The maximum Gasteiger partial charge on any atom is 0.231 e. The average molecular weight is 430 g/mol. The van der Waals surface area contributed by atoms with Crippen molar-refractivity contribution in [3.63, 3.8) is 0 Å². The van der Waals surface area contributed by atoms with Gasteiger partial charge in [-0.1, -0.05) is 24.3 Å². The summed E-state index contributed by atoms with van der Waals surface area (Å²) in [5.74, 6) is 1.54. The zero-order valence-electron chi connectivity index (χ0n) is 17.7. The lowest BCUT2D eigenvalue weighted by Crippen LogP contribution is -2.58. The van der Waals surface area contributed by atoms with Gasteiger partial charge in [0.2, 0.25) is 6.79 Å². The SMILES string of the molecule is C=C(/C=C1/CCC/C1=C(/C)Cc1ccc2c(c1)OCO2)[C@@H]1O[C@H](CO)[C@@H](O)[C@H](O)[C@H]1O. The molecule has 2 heterocycles. The fraction of sp³-hybridized carbons (Fsp3) is 0.500. The van der Waals surface area contributed by atoms with Gasteiger partial charge < -0.3 is 34.6 Å². The van der Waals surface area contributed by atoms with Gasteiger partial charge in [0.05, 0.1) is 6.61 Å². The zero-order valence-corrected chi connectivity index (χ0v) is 17.7. The van der Waals surface area contributed by atoms with E-state index in [0.29, 0.717) is 5.57 Å². The van der Waals surface area contributed by atoms with Crippen molar-refractivity contribution in [2.24, 2.45) is 0 Å². The molecule has 2 fully saturated rings. The van der Waals surface area contributed by atoms with Crippen LogP contribution in [0, 0.1) is 0 Å². The molecule has 4 rings (SSSR count). The molecule has 5 atom stereocenters. The molecule has 1 saturated carbocycles. The standard InChI is InChI=1S/C24H30O7/c1-13(8-15-6-7-18-19(10-15)30-12-29-18)17-5-3-4-16(17)9-14(2)24-23(28)22(27)21(26)20(11-25)31-24/h6-7,9-10,20-28H,2-5,8,11-12H2,1H3/b16-9-,17-13+/t20-,21-,22+,23-,24+/m1/s1. The summed E-state index contributed by atoms with van der Waals surface area (Å²) in [5, 5.41) is 39.8. The van der Waals surface area contributed by atoms with Gasteiger partial charge in [0.1, 0.15) is 30.5 Å². The van der Waals surface area contributed by atoms with Gasteiger partial charge in [-0.05, 0) is 67.0 Å². The van der Waals surface area contributed by atoms with E-state index in [9.17, 15) is 20.4 Å². The predicted molar refractivity (Wildman–Crippen MR) is 114 cm³/mol. The van der Waals surface area contributed by atoms with Crippen LogP contribution in [0.2, 0.25) is 0 Å². The number of ether oxygens (including phenoxy) is 3. The molecule has 1 aliphatic carbocycles. The van der Waals surface area contributed by atoms with Gasteiger partial charge >= 0.3 is 0 Å². The molecule has 7 nitrogen and oxygen atoms in total. The maximum absolute atomic E-state index is 10.4. The third kappa shape index (κ3) is 4.42. The number of hydrogen-bond donors (Lipinski definition) is 4. The molecule has 0 bridgehead atoms. The Kier molecular flexibility index (Phi) is 6.50. The van der Waals surface area contributed by atoms with E-state index in [0.717, 1.165) is 48.3 Å². The first-order chi connectivity index (χ1) is 14.9. The van der Waals surface area contributed by atoms with Gasteiger partial charge in [-0.2, -0.15) is 0 Å². The third-order valence-corrected chi connectivity index (χ3v) is 6.30. The van der Waals surface area contributed by atoms with Crippen molar-refractivity contribution in [1.82, 2.24) is 0 Å². The molecule has 4 N–H and O–H groups in total. The summed E-state index contributed by atoms with van der Waals surface area (Å²) < 4.78 is 16.5. The number of fused-ring (bicyclic) bond motifs is 1. The molecule has 31 heavy (non-hydrogen) atoms. The van der Waals surface area contributed by atoms with Crippen molar-refractivity contribution in [2.45, 2.75) is 63.1 Å². The summed E-state index contributed by atoms with van der Waals surface area (Å²) in [4.78, 5) is 0. The van der Waals surface area contributed by atoms with E-state index in [4.69, 9.17) is 14.2 Å². The molecule has 0 amide bonds. The average Bonchev–Trinajstić information content (AvgIpc) is 3.41. The van der Waals surface area contributed by atoms with Gasteiger partial charge in [-0.3, -0.25) is 0 Å². The summed E-state index contributed by atoms with van der Waals surface area (Å²) in [5.41, 5.74) is 5.32. The number of benzene rings is 1. The highest BCUT2D eigenvalue weighted by molar-refractivity contribution is 5.48. The van der Waals surface area contributed by atoms with Crippen molar-refractivity contribution in [3.8, 4) is 11.5 Å². The molecule has 0 aromatic heterocycles. The molecular weight excluding hydrogens is 400 g/mol. The van der Waals surface area contributed by atoms with E-state index in [2.05, 4.69) is 13.5 Å². The molecule has 0 spiro atoms. The molecular formula is C24H30O7. The maximum atomic E-state index is 10.4. The Labute approximate surface area is 181 Å². The molecule has 0 unspecified atom stereocenters. The molecule has 1 aromatic rings. The minimum atomic E-state index is -1.41. The number of rotatable bonds is 5. The first-order valence-corrected chi connectivity index (χ1v) is 10.7. The van der Waals surface area contributed by atoms with E-state index < -0.39 is 37.1 Å². The van der Waals surface area contributed by atoms with Crippen LogP contribution < -0.4 is 9.47 Å². The molecule has 168 valence electrons. The summed E-state index contributed by atoms with van der Waals surface area (Å²) in [6.45, 7) is 5.97. The van der Waals surface area contributed by atoms with Crippen LogP contribution in [0.1, 0.15) is 31.7 Å². The summed E-state index contributed by atoms with van der Waals surface area (Å²) >= 11 is 0. The van der Waals surface area contributed by atoms with Crippen LogP contribution in [-0.4, -0.2) is 64.3 Å². The first-order valence-electron chi connectivity index (χ1n) is 10.7. The quantitative estimate of drug-likeness (QED) is 0.564. The second-order valence-electron chi connectivity index (χ2n) is 8.47. The number of aliphatic hydroxyl groups is 4. The third-order valence-electron chi connectivity index (χ3n) is 6.30. The number of hydrogen-bond acceptors (Lipinski definition) is 7. The van der Waals surface area contributed by atoms with E-state index in [1.54, 1.807) is 0 Å². The molecule has 7 heteroatoms. The normalized spacial score (nSPS) is 33.1. The second kappa shape index (κ2) is 9.14. The number of aliphatic hydroxyl groups excluding tert-OH is 4. The smallest absolute Gasteiger partial charge is 0.231 e. The molecule has 1 saturated heterocycles. The minimum Gasteiger partial charge on any atom is -0.454 e. The Bertz CT molecular complexity index is 901. The fourth-order valence-corrected chi connectivity index (χ4v) is 4.59. The van der Waals surface area contributed by atoms with Gasteiger partial charge in [-0.15, -0.1) is 0 Å². The highest BCUT2D eigenvalue weighted by Gasteiger charge is 2.44. The predicted octanol–water partition coefficient (Wildman–Crippen LogP) is 1.78. The second-order valence-corrected chi connectivity index (χ2v) is 8.47. The van der Waals surface area contributed by atoms with Crippen molar-refractivity contribution in [2.75, 3.05) is 13.4 Å². The van der Waals surface area contributed by atoms with E-state index in [-0.39, 0.29) is 6.79 Å². The van der Waals surface area contributed by atoms with Gasteiger partial charge in [0.15, 0.2) is 11.5 Å². The van der Waals surface area contributed by atoms with Crippen LogP contribution in [-0.2, 0) is 11.2 Å². The Morgan fingerprint density at radius 1 is 1.10 bits per heavy atom. The molecule has 1 aromatic carbocycles. The summed E-state index contributed by atoms with van der Waals surface area (Å²) in [6, 6.07) is 5.99. The number of allylic oxidation sites excluding steroid dienone is 3. The van der Waals surface area contributed by atoms with Crippen molar-refractivity contribution in [3.05, 3.63) is 58.7 Å². The van der Waals surface area contributed by atoms with Crippen molar-refractivity contribution < 1.29 is 34.6 Å². The fourth-order valence-electron chi connectivity index (χ4n) is 4.59. The van der Waals surface area contributed by atoms with Crippen molar-refractivity contribution >= 4 is 0 Å². The van der Waals surface area contributed by atoms with Gasteiger partial charge in [0, 0.05) is 0 Å². The van der Waals surface area contributed by atoms with E-state index >= 15 is 0 Å². The topological polar surface area (TPSA) is 109 Å². The summed E-state index contributed by atoms with van der Waals surface area (Å²) in [7, 11) is 0. The van der Waals surface area contributed by atoms with Crippen LogP contribution in [0.15, 0.2) is 53.1 Å². The van der Waals surface area contributed by atoms with Gasteiger partial charge in [-0.25, -0.2) is 0 Å². The largest absolute Gasteiger partial charge is 0.454 e. The zero-order chi connectivity index (χ0) is 22.1. The van der Waals surface area contributed by atoms with Crippen LogP contribution in [0.5, 0.6) is 11.5 Å². The van der Waals surface area contributed by atoms with Crippen LogP contribution in [0.3, 0.4) is 0 Å². The van der Waals surface area contributed by atoms with Crippen LogP contribution >= 0.6 is 0 Å². The monoisotopic (exact) mass is 430 g/mol. The highest BCUT2D eigenvalue weighted by atomic mass is 16.7. The lowest BCUT2D eigenvalue weighted by Gasteiger charge is -2.40. The van der Waals surface area contributed by atoms with E-state index in [1.165, 1.54) is 11.1 Å². The Balaban J connectivity index is 1.52.